The monoisotopic (exact) mass is 411 g/mol. The van der Waals surface area contributed by atoms with Gasteiger partial charge in [-0.25, -0.2) is 4.79 Å². The van der Waals surface area contributed by atoms with Gasteiger partial charge in [-0.05, 0) is 47.9 Å². The smallest absolute Gasteiger partial charge is 0.322 e. The van der Waals surface area contributed by atoms with Gasteiger partial charge in [0.25, 0.3) is 0 Å². The molecule has 0 fully saturated rings. The van der Waals surface area contributed by atoms with E-state index in [0.717, 1.165) is 34.6 Å². The minimum atomic E-state index is -0.255. The quantitative estimate of drug-likeness (QED) is 0.484. The number of fused-ring (bicyclic) bond motifs is 4. The van der Waals surface area contributed by atoms with Crippen LogP contribution in [-0.2, 0) is 6.42 Å². The van der Waals surface area contributed by atoms with Crippen LogP contribution in [0.3, 0.4) is 0 Å². The summed E-state index contributed by atoms with van der Waals surface area (Å²) in [4.78, 5) is 18.8. The number of benzene rings is 3. The zero-order valence-electron chi connectivity index (χ0n) is 16.8. The van der Waals surface area contributed by atoms with Gasteiger partial charge < -0.3 is 24.7 Å². The van der Waals surface area contributed by atoms with Crippen LogP contribution >= 0.6 is 0 Å². The van der Waals surface area contributed by atoms with Gasteiger partial charge in [-0.3, -0.25) is 0 Å². The molecule has 0 saturated heterocycles. The van der Waals surface area contributed by atoms with Crippen LogP contribution in [0.25, 0.3) is 10.9 Å². The Hall–Kier alpha value is -3.93. The molecule has 1 unspecified atom stereocenters. The Bertz CT molecular complexity index is 1280. The maximum absolute atomic E-state index is 13.4. The van der Waals surface area contributed by atoms with Crippen molar-refractivity contribution in [2.75, 3.05) is 18.7 Å². The maximum Gasteiger partial charge on any atom is 0.322 e. The largest absolute Gasteiger partial charge is 0.454 e. The predicted octanol–water partition coefficient (Wildman–Crippen LogP) is 5.08. The normalized spacial score (nSPS) is 16.9. The molecule has 6 nitrogen and oxygen atoms in total. The van der Waals surface area contributed by atoms with E-state index >= 15 is 0 Å². The number of hydrogen-bond acceptors (Lipinski definition) is 3. The molecule has 2 N–H and O–H groups in total. The highest BCUT2D eigenvalue weighted by Crippen LogP contribution is 2.42. The summed E-state index contributed by atoms with van der Waals surface area (Å²) < 4.78 is 11.1. The molecule has 3 heterocycles. The van der Waals surface area contributed by atoms with Crippen LogP contribution in [0, 0.1) is 0 Å². The second-order valence-electron chi connectivity index (χ2n) is 7.82. The van der Waals surface area contributed by atoms with Crippen LogP contribution < -0.4 is 14.8 Å². The summed E-state index contributed by atoms with van der Waals surface area (Å²) in [6.45, 7) is 0.839. The zero-order valence-corrected chi connectivity index (χ0v) is 16.8. The lowest BCUT2D eigenvalue weighted by Crippen LogP contribution is -2.43. The third-order valence-corrected chi connectivity index (χ3v) is 6.03. The molecule has 0 spiro atoms. The fraction of sp³-hybridized carbons (Fsp3) is 0.160. The molecule has 0 saturated carbocycles. The van der Waals surface area contributed by atoms with E-state index in [1.807, 2.05) is 59.5 Å². The first-order valence-corrected chi connectivity index (χ1v) is 10.4. The van der Waals surface area contributed by atoms with Gasteiger partial charge >= 0.3 is 6.03 Å². The van der Waals surface area contributed by atoms with Gasteiger partial charge in [0.2, 0.25) is 6.79 Å². The molecule has 2 aliphatic rings. The molecule has 0 bridgehead atoms. The van der Waals surface area contributed by atoms with E-state index < -0.39 is 0 Å². The second kappa shape index (κ2) is 7.09. The van der Waals surface area contributed by atoms with E-state index in [1.165, 1.54) is 10.9 Å². The lowest BCUT2D eigenvalue weighted by Gasteiger charge is -2.36. The average molecular weight is 411 g/mol. The van der Waals surface area contributed by atoms with Crippen LogP contribution in [0.4, 0.5) is 10.5 Å². The number of rotatable bonds is 2. The summed E-state index contributed by atoms with van der Waals surface area (Å²) in [6.07, 6.45) is 0.794. The van der Waals surface area contributed by atoms with Crippen molar-refractivity contribution >= 4 is 22.6 Å². The first kappa shape index (κ1) is 17.9. The summed E-state index contributed by atoms with van der Waals surface area (Å²) in [5.74, 6) is 1.45. The molecule has 6 heteroatoms. The number of urea groups is 1. The maximum atomic E-state index is 13.4. The molecular weight excluding hydrogens is 390 g/mol. The zero-order chi connectivity index (χ0) is 20.8. The number of nitrogens with one attached hydrogen (secondary N) is 2. The molecule has 1 aromatic heterocycles. The van der Waals surface area contributed by atoms with Gasteiger partial charge in [-0.15, -0.1) is 0 Å². The fourth-order valence-electron chi connectivity index (χ4n) is 4.61. The van der Waals surface area contributed by atoms with E-state index in [0.29, 0.717) is 12.3 Å². The van der Waals surface area contributed by atoms with Crippen molar-refractivity contribution in [3.8, 4) is 11.5 Å². The molecule has 6 rings (SSSR count). The number of aromatic amines is 1. The van der Waals surface area contributed by atoms with Crippen LogP contribution in [-0.4, -0.2) is 29.3 Å². The molecule has 1 atom stereocenters. The van der Waals surface area contributed by atoms with Gasteiger partial charge in [0.05, 0.1) is 6.04 Å². The number of amides is 2. The van der Waals surface area contributed by atoms with Gasteiger partial charge in [-0.1, -0.05) is 42.5 Å². The van der Waals surface area contributed by atoms with E-state index in [1.54, 1.807) is 0 Å². The van der Waals surface area contributed by atoms with Crippen LogP contribution in [0.2, 0.25) is 0 Å². The molecule has 31 heavy (non-hydrogen) atoms. The number of carbonyl (C=O) groups is 1. The number of anilines is 1. The van der Waals surface area contributed by atoms with E-state index in [-0.39, 0.29) is 18.9 Å². The van der Waals surface area contributed by atoms with Crippen molar-refractivity contribution < 1.29 is 14.3 Å². The lowest BCUT2D eigenvalue weighted by molar-refractivity contribution is 0.173. The van der Waals surface area contributed by atoms with E-state index in [4.69, 9.17) is 9.47 Å². The number of hydrogen-bond donors (Lipinski definition) is 2. The van der Waals surface area contributed by atoms with E-state index in [2.05, 4.69) is 28.5 Å². The second-order valence-corrected chi connectivity index (χ2v) is 7.82. The number of H-pyrrole nitrogens is 1. The Morgan fingerprint density at radius 3 is 2.68 bits per heavy atom. The summed E-state index contributed by atoms with van der Waals surface area (Å²) in [5, 5.41) is 4.26. The molecule has 2 aliphatic heterocycles. The number of carbonyl (C=O) groups excluding carboxylic acids is 1. The molecule has 4 aromatic rings. The van der Waals surface area contributed by atoms with Crippen molar-refractivity contribution in [3.63, 3.8) is 0 Å². The number of aromatic nitrogens is 1. The van der Waals surface area contributed by atoms with Gasteiger partial charge in [0.15, 0.2) is 11.5 Å². The van der Waals surface area contributed by atoms with Crippen molar-refractivity contribution in [1.82, 2.24) is 9.88 Å². The fourth-order valence-corrected chi connectivity index (χ4v) is 4.61. The van der Waals surface area contributed by atoms with Crippen molar-refractivity contribution in [3.05, 3.63) is 89.6 Å². The molecule has 3 aromatic carbocycles. The Morgan fingerprint density at radius 1 is 0.968 bits per heavy atom. The minimum absolute atomic E-state index is 0.127. The summed E-state index contributed by atoms with van der Waals surface area (Å²) >= 11 is 0. The van der Waals surface area contributed by atoms with Gasteiger partial charge in [0.1, 0.15) is 0 Å². The minimum Gasteiger partial charge on any atom is -0.454 e. The van der Waals surface area contributed by atoms with Gasteiger partial charge in [-0.2, -0.15) is 0 Å². The highest BCUT2D eigenvalue weighted by Gasteiger charge is 2.35. The molecular formula is C25H21N3O3. The van der Waals surface area contributed by atoms with Crippen LogP contribution in [0.15, 0.2) is 72.8 Å². The van der Waals surface area contributed by atoms with Crippen molar-refractivity contribution in [2.45, 2.75) is 12.5 Å². The van der Waals surface area contributed by atoms with E-state index in [9.17, 15) is 4.79 Å². The third kappa shape index (κ3) is 2.99. The lowest BCUT2D eigenvalue weighted by atomic mass is 9.92. The highest BCUT2D eigenvalue weighted by atomic mass is 16.7. The number of nitrogens with zero attached hydrogens (tertiary/aromatic N) is 1. The molecule has 154 valence electrons. The number of para-hydroxylation sites is 2. The Balaban J connectivity index is 1.45. The number of ether oxygens (including phenoxy) is 2. The third-order valence-electron chi connectivity index (χ3n) is 6.03. The summed E-state index contributed by atoms with van der Waals surface area (Å²) in [6, 6.07) is 23.4. The Labute approximate surface area is 179 Å². The first-order valence-electron chi connectivity index (χ1n) is 10.4. The van der Waals surface area contributed by atoms with Crippen LogP contribution in [0.5, 0.6) is 11.5 Å². The van der Waals surface area contributed by atoms with Gasteiger partial charge in [0, 0.05) is 28.8 Å². The van der Waals surface area contributed by atoms with Crippen LogP contribution in [0.1, 0.15) is 22.9 Å². The Kier molecular flexibility index (Phi) is 4.09. The predicted molar refractivity (Wildman–Crippen MR) is 119 cm³/mol. The topological polar surface area (TPSA) is 66.6 Å². The first-order chi connectivity index (χ1) is 15.3. The molecule has 0 aliphatic carbocycles. The highest BCUT2D eigenvalue weighted by molar-refractivity contribution is 5.91. The Morgan fingerprint density at radius 2 is 1.77 bits per heavy atom. The standard InChI is InChI=1S/C25H21N3O3/c29-25(26-17-6-2-1-3-7-17)28-13-12-19-18-8-4-5-9-20(18)27-23(19)24(28)16-10-11-21-22(14-16)31-15-30-21/h1-11,14,24,27H,12-13,15H2,(H,26,29). The molecule has 2 amide bonds. The van der Waals surface area contributed by atoms with Crippen molar-refractivity contribution in [1.29, 1.82) is 0 Å². The van der Waals surface area contributed by atoms with Crippen molar-refractivity contribution in [2.24, 2.45) is 0 Å². The summed E-state index contributed by atoms with van der Waals surface area (Å²) in [5.41, 5.74) is 5.17. The SMILES string of the molecule is O=C(Nc1ccccc1)N1CCc2c([nH]c3ccccc23)C1c1ccc2c(c1)OCO2. The molecule has 0 radical (unpaired) electrons. The summed E-state index contributed by atoms with van der Waals surface area (Å²) in [7, 11) is 0. The average Bonchev–Trinajstić information content (AvgIpc) is 3.43.